The van der Waals surface area contributed by atoms with E-state index in [2.05, 4.69) is 5.32 Å². The van der Waals surface area contributed by atoms with E-state index in [9.17, 15) is 4.79 Å². The van der Waals surface area contributed by atoms with Crippen LogP contribution in [0.4, 0.5) is 11.4 Å². The smallest absolute Gasteiger partial charge is 0.244 e. The van der Waals surface area contributed by atoms with E-state index in [0.717, 1.165) is 24.2 Å². The largest absolute Gasteiger partial charge is 0.397 e. The number of nitrogens with zero attached hydrogens (tertiary/aromatic N) is 1. The lowest BCUT2D eigenvalue weighted by Gasteiger charge is -2.15. The van der Waals surface area contributed by atoms with Crippen LogP contribution in [0.1, 0.15) is 12.0 Å². The molecule has 1 aromatic rings. The van der Waals surface area contributed by atoms with Gasteiger partial charge in [-0.3, -0.25) is 4.79 Å². The van der Waals surface area contributed by atoms with E-state index in [-0.39, 0.29) is 11.9 Å². The van der Waals surface area contributed by atoms with Crippen LogP contribution in [-0.4, -0.2) is 30.4 Å². The fourth-order valence-electron chi connectivity index (χ4n) is 1.94. The number of carbonyl (C=O) groups is 1. The monoisotopic (exact) mass is 219 g/mol. The van der Waals surface area contributed by atoms with Crippen LogP contribution < -0.4 is 11.1 Å². The zero-order chi connectivity index (χ0) is 11.7. The molecule has 3 N–H and O–H groups in total. The van der Waals surface area contributed by atoms with Crippen molar-refractivity contribution < 1.29 is 4.79 Å². The summed E-state index contributed by atoms with van der Waals surface area (Å²) in [6.45, 7) is 2.81. The number of likely N-dealkylation sites (tertiary alicyclic amines) is 1. The summed E-state index contributed by atoms with van der Waals surface area (Å²) in [6, 6.07) is 5.67. The highest BCUT2D eigenvalue weighted by atomic mass is 16.2. The van der Waals surface area contributed by atoms with Crippen LogP contribution >= 0.6 is 0 Å². The molecule has 0 bridgehead atoms. The number of nitrogens with two attached hydrogens (primary N) is 1. The molecule has 1 aliphatic heterocycles. The van der Waals surface area contributed by atoms with E-state index in [4.69, 9.17) is 5.73 Å². The van der Waals surface area contributed by atoms with Gasteiger partial charge in [0.2, 0.25) is 5.91 Å². The van der Waals surface area contributed by atoms with Gasteiger partial charge in [-0.2, -0.15) is 0 Å². The molecular weight excluding hydrogens is 202 g/mol. The molecule has 1 atom stereocenters. The van der Waals surface area contributed by atoms with Crippen molar-refractivity contribution in [1.29, 1.82) is 0 Å². The summed E-state index contributed by atoms with van der Waals surface area (Å²) in [4.78, 5) is 13.5. The normalized spacial score (nSPS) is 20.2. The van der Waals surface area contributed by atoms with Gasteiger partial charge in [0.15, 0.2) is 0 Å². The number of benzene rings is 1. The Morgan fingerprint density at radius 1 is 1.50 bits per heavy atom. The zero-order valence-corrected chi connectivity index (χ0v) is 9.66. The van der Waals surface area contributed by atoms with Gasteiger partial charge >= 0.3 is 0 Å². The Labute approximate surface area is 95.4 Å². The van der Waals surface area contributed by atoms with E-state index in [1.165, 1.54) is 0 Å². The maximum Gasteiger partial charge on any atom is 0.244 e. The Hall–Kier alpha value is -1.71. The molecule has 1 amide bonds. The summed E-state index contributed by atoms with van der Waals surface area (Å²) in [5.41, 5.74) is 8.54. The minimum absolute atomic E-state index is 0.130. The number of nitrogens with one attached hydrogen (secondary N) is 1. The minimum Gasteiger partial charge on any atom is -0.397 e. The first-order chi connectivity index (χ1) is 7.58. The topological polar surface area (TPSA) is 58.4 Å². The molecule has 0 aliphatic carbocycles. The van der Waals surface area contributed by atoms with Gasteiger partial charge in [0, 0.05) is 13.6 Å². The number of hydrogen-bond donors (Lipinski definition) is 2. The number of likely N-dealkylation sites (N-methyl/N-ethyl adjacent to an activating group) is 1. The fourth-order valence-corrected chi connectivity index (χ4v) is 1.94. The SMILES string of the molecule is Cc1ccc(N)c(NC2CCN(C)C2=O)c1. The van der Waals surface area contributed by atoms with Crippen LogP contribution in [0.15, 0.2) is 18.2 Å². The van der Waals surface area contributed by atoms with Crippen LogP contribution in [0.3, 0.4) is 0 Å². The second-order valence-corrected chi connectivity index (χ2v) is 4.34. The van der Waals surface area contributed by atoms with Crippen molar-refractivity contribution >= 4 is 17.3 Å². The molecule has 1 aliphatic rings. The van der Waals surface area contributed by atoms with E-state index in [1.807, 2.05) is 32.2 Å². The van der Waals surface area contributed by atoms with Crippen molar-refractivity contribution in [3.05, 3.63) is 23.8 Å². The molecule has 0 spiro atoms. The number of nitrogen functional groups attached to an aromatic ring is 1. The molecule has 0 radical (unpaired) electrons. The molecule has 1 unspecified atom stereocenters. The first kappa shape index (κ1) is 10.8. The molecule has 16 heavy (non-hydrogen) atoms. The molecule has 86 valence electrons. The number of amides is 1. The van der Waals surface area contributed by atoms with Crippen LogP contribution in [0.5, 0.6) is 0 Å². The number of carbonyl (C=O) groups excluding carboxylic acids is 1. The fraction of sp³-hybridized carbons (Fsp3) is 0.417. The predicted octanol–water partition coefficient (Wildman–Crippen LogP) is 1.22. The third-order valence-corrected chi connectivity index (χ3v) is 2.97. The molecule has 1 aromatic carbocycles. The molecule has 1 fully saturated rings. The summed E-state index contributed by atoms with van der Waals surface area (Å²) in [5.74, 6) is 0.140. The van der Waals surface area contributed by atoms with Gasteiger partial charge in [-0.1, -0.05) is 6.07 Å². The minimum atomic E-state index is -0.130. The highest BCUT2D eigenvalue weighted by Gasteiger charge is 2.28. The summed E-state index contributed by atoms with van der Waals surface area (Å²) in [5, 5.41) is 3.21. The molecule has 0 saturated carbocycles. The van der Waals surface area contributed by atoms with Gasteiger partial charge < -0.3 is 16.0 Å². The second-order valence-electron chi connectivity index (χ2n) is 4.34. The first-order valence-electron chi connectivity index (χ1n) is 5.45. The van der Waals surface area contributed by atoms with Gasteiger partial charge in [0.25, 0.3) is 0 Å². The summed E-state index contributed by atoms with van der Waals surface area (Å²) >= 11 is 0. The Morgan fingerprint density at radius 3 is 2.88 bits per heavy atom. The van der Waals surface area contributed by atoms with Gasteiger partial charge in [0.1, 0.15) is 6.04 Å². The average Bonchev–Trinajstić information content (AvgIpc) is 2.55. The van der Waals surface area contributed by atoms with Crippen LogP contribution in [0.2, 0.25) is 0 Å². The third kappa shape index (κ3) is 1.96. The maximum absolute atomic E-state index is 11.7. The van der Waals surface area contributed by atoms with Gasteiger partial charge in [-0.15, -0.1) is 0 Å². The lowest BCUT2D eigenvalue weighted by Crippen LogP contribution is -2.31. The van der Waals surface area contributed by atoms with Gasteiger partial charge in [-0.05, 0) is 31.0 Å². The number of rotatable bonds is 2. The highest BCUT2D eigenvalue weighted by molar-refractivity contribution is 5.87. The first-order valence-corrected chi connectivity index (χ1v) is 5.45. The van der Waals surface area contributed by atoms with Gasteiger partial charge in [0.05, 0.1) is 11.4 Å². The quantitative estimate of drug-likeness (QED) is 0.735. The van der Waals surface area contributed by atoms with Crippen molar-refractivity contribution in [2.45, 2.75) is 19.4 Å². The Morgan fingerprint density at radius 2 is 2.25 bits per heavy atom. The summed E-state index contributed by atoms with van der Waals surface area (Å²) in [6.07, 6.45) is 0.836. The molecular formula is C12H17N3O. The van der Waals surface area contributed by atoms with Crippen molar-refractivity contribution in [1.82, 2.24) is 4.90 Å². The van der Waals surface area contributed by atoms with E-state index in [0.29, 0.717) is 5.69 Å². The lowest BCUT2D eigenvalue weighted by atomic mass is 10.1. The van der Waals surface area contributed by atoms with Crippen molar-refractivity contribution in [3.63, 3.8) is 0 Å². The van der Waals surface area contributed by atoms with E-state index >= 15 is 0 Å². The van der Waals surface area contributed by atoms with Gasteiger partial charge in [-0.25, -0.2) is 0 Å². The average molecular weight is 219 g/mol. The van der Waals surface area contributed by atoms with Crippen molar-refractivity contribution in [3.8, 4) is 0 Å². The van der Waals surface area contributed by atoms with E-state index in [1.54, 1.807) is 4.90 Å². The number of hydrogen-bond acceptors (Lipinski definition) is 3. The van der Waals surface area contributed by atoms with Crippen LogP contribution in [0.25, 0.3) is 0 Å². The van der Waals surface area contributed by atoms with Crippen molar-refractivity contribution in [2.75, 3.05) is 24.6 Å². The Kier molecular flexibility index (Phi) is 2.73. The molecule has 1 heterocycles. The van der Waals surface area contributed by atoms with Crippen molar-refractivity contribution in [2.24, 2.45) is 0 Å². The van der Waals surface area contributed by atoms with E-state index < -0.39 is 0 Å². The molecule has 1 saturated heterocycles. The number of aryl methyl sites for hydroxylation is 1. The second kappa shape index (κ2) is 4.04. The standard InChI is InChI=1S/C12H17N3O/c1-8-3-4-9(13)11(7-8)14-10-5-6-15(2)12(10)16/h3-4,7,10,14H,5-6,13H2,1-2H3. The highest BCUT2D eigenvalue weighted by Crippen LogP contribution is 2.23. The molecule has 0 aromatic heterocycles. The summed E-state index contributed by atoms with van der Waals surface area (Å²) in [7, 11) is 1.82. The predicted molar refractivity (Wildman–Crippen MR) is 65.3 cm³/mol. The molecule has 2 rings (SSSR count). The zero-order valence-electron chi connectivity index (χ0n) is 9.66. The van der Waals surface area contributed by atoms with Crippen LogP contribution in [0, 0.1) is 6.92 Å². The molecule has 4 nitrogen and oxygen atoms in total. The number of anilines is 2. The molecule has 4 heteroatoms. The lowest BCUT2D eigenvalue weighted by molar-refractivity contribution is -0.127. The summed E-state index contributed by atoms with van der Waals surface area (Å²) < 4.78 is 0. The maximum atomic E-state index is 11.7. The Bertz CT molecular complexity index is 417. The van der Waals surface area contributed by atoms with Crippen LogP contribution in [-0.2, 0) is 4.79 Å². The Balaban J connectivity index is 2.15. The third-order valence-electron chi connectivity index (χ3n) is 2.97.